The van der Waals surface area contributed by atoms with Gasteiger partial charge in [-0.3, -0.25) is 4.79 Å². The van der Waals surface area contributed by atoms with Gasteiger partial charge >= 0.3 is 0 Å². The van der Waals surface area contributed by atoms with Crippen LogP contribution in [0.1, 0.15) is 42.9 Å². The van der Waals surface area contributed by atoms with E-state index in [0.29, 0.717) is 5.69 Å². The van der Waals surface area contributed by atoms with Crippen molar-refractivity contribution in [2.24, 2.45) is 12.5 Å². The maximum absolute atomic E-state index is 13.1. The van der Waals surface area contributed by atoms with E-state index in [2.05, 4.69) is 5.32 Å². The fourth-order valence-corrected chi connectivity index (χ4v) is 2.36. The molecule has 1 unspecified atom stereocenters. The first-order chi connectivity index (χ1) is 9.79. The topological polar surface area (TPSA) is 34.0 Å². The Labute approximate surface area is 124 Å². The molecule has 1 aromatic carbocycles. The number of carbonyl (C=O) groups excluding carboxylic acids is 1. The molecule has 2 rings (SSSR count). The van der Waals surface area contributed by atoms with Gasteiger partial charge in [0.25, 0.3) is 5.91 Å². The average Bonchev–Trinajstić information content (AvgIpc) is 2.82. The number of hydrogen-bond donors (Lipinski definition) is 1. The maximum Gasteiger partial charge on any atom is 0.268 e. The van der Waals surface area contributed by atoms with Crippen molar-refractivity contribution in [2.45, 2.75) is 26.8 Å². The molecule has 1 aromatic heterocycles. The third-order valence-electron chi connectivity index (χ3n) is 3.52. The Kier molecular flexibility index (Phi) is 4.16. The number of halogens is 1. The van der Waals surface area contributed by atoms with Crippen molar-refractivity contribution in [3.63, 3.8) is 0 Å². The first-order valence-electron chi connectivity index (χ1n) is 6.96. The van der Waals surface area contributed by atoms with E-state index in [4.69, 9.17) is 0 Å². The highest BCUT2D eigenvalue weighted by Gasteiger charge is 2.28. The lowest BCUT2D eigenvalue weighted by Gasteiger charge is -2.32. The third-order valence-corrected chi connectivity index (χ3v) is 3.52. The van der Waals surface area contributed by atoms with Crippen molar-refractivity contribution in [1.29, 1.82) is 0 Å². The predicted molar refractivity (Wildman–Crippen MR) is 81.5 cm³/mol. The molecule has 1 N–H and O–H groups in total. The maximum atomic E-state index is 13.1. The largest absolute Gasteiger partial charge is 0.347 e. The van der Waals surface area contributed by atoms with Crippen LogP contribution in [0.2, 0.25) is 0 Å². The molecule has 0 bridgehead atoms. The second kappa shape index (κ2) is 5.72. The zero-order chi connectivity index (χ0) is 15.6. The van der Waals surface area contributed by atoms with E-state index in [1.54, 1.807) is 22.8 Å². The minimum atomic E-state index is -0.278. The summed E-state index contributed by atoms with van der Waals surface area (Å²) in [6.07, 6.45) is 1.83. The Morgan fingerprint density at radius 1 is 1.19 bits per heavy atom. The Morgan fingerprint density at radius 3 is 2.29 bits per heavy atom. The third kappa shape index (κ3) is 3.51. The van der Waals surface area contributed by atoms with Crippen molar-refractivity contribution in [2.75, 3.05) is 0 Å². The summed E-state index contributed by atoms with van der Waals surface area (Å²) < 4.78 is 14.9. The highest BCUT2D eigenvalue weighted by atomic mass is 19.1. The molecule has 21 heavy (non-hydrogen) atoms. The molecule has 1 amide bonds. The number of aryl methyl sites for hydroxylation is 1. The molecular formula is C17H21FN2O. The van der Waals surface area contributed by atoms with Crippen molar-refractivity contribution < 1.29 is 9.18 Å². The standard InChI is InChI=1S/C17H21FN2O/c1-17(2,3)15(12-7-9-13(18)10-8-12)19-16(21)14-6-5-11-20(14)4/h5-11,15H,1-4H3,(H,19,21). The van der Waals surface area contributed by atoms with Gasteiger partial charge in [0, 0.05) is 13.2 Å². The van der Waals surface area contributed by atoms with Gasteiger partial charge in [0.15, 0.2) is 0 Å². The Balaban J connectivity index is 2.28. The van der Waals surface area contributed by atoms with E-state index in [-0.39, 0.29) is 23.2 Å². The molecule has 112 valence electrons. The van der Waals surface area contributed by atoms with E-state index in [1.165, 1.54) is 12.1 Å². The van der Waals surface area contributed by atoms with E-state index in [9.17, 15) is 9.18 Å². The predicted octanol–water partition coefficient (Wildman–Crippen LogP) is 3.68. The normalized spacial score (nSPS) is 13.0. The monoisotopic (exact) mass is 288 g/mol. The Hall–Kier alpha value is -2.10. The van der Waals surface area contributed by atoms with Crippen LogP contribution in [0.5, 0.6) is 0 Å². The van der Waals surface area contributed by atoms with E-state index < -0.39 is 0 Å². The van der Waals surface area contributed by atoms with Crippen LogP contribution in [0.3, 0.4) is 0 Å². The summed E-state index contributed by atoms with van der Waals surface area (Å²) in [6.45, 7) is 6.14. The zero-order valence-electron chi connectivity index (χ0n) is 12.9. The Morgan fingerprint density at radius 2 is 1.81 bits per heavy atom. The van der Waals surface area contributed by atoms with Gasteiger partial charge in [-0.2, -0.15) is 0 Å². The molecule has 0 aliphatic carbocycles. The quantitative estimate of drug-likeness (QED) is 0.918. The number of rotatable bonds is 3. The van der Waals surface area contributed by atoms with Gasteiger partial charge in [-0.25, -0.2) is 4.39 Å². The number of nitrogens with zero attached hydrogens (tertiary/aromatic N) is 1. The van der Waals surface area contributed by atoms with Gasteiger partial charge in [0.2, 0.25) is 0 Å². The lowest BCUT2D eigenvalue weighted by molar-refractivity contribution is 0.0893. The number of hydrogen-bond acceptors (Lipinski definition) is 1. The van der Waals surface area contributed by atoms with Crippen molar-refractivity contribution in [3.8, 4) is 0 Å². The summed E-state index contributed by atoms with van der Waals surface area (Å²) in [5, 5.41) is 3.05. The zero-order valence-corrected chi connectivity index (χ0v) is 12.9. The lowest BCUT2D eigenvalue weighted by atomic mass is 9.82. The number of aromatic nitrogens is 1. The summed E-state index contributed by atoms with van der Waals surface area (Å²) in [5.41, 5.74) is 1.32. The molecule has 0 saturated heterocycles. The SMILES string of the molecule is Cn1cccc1C(=O)NC(c1ccc(F)cc1)C(C)(C)C. The molecule has 0 saturated carbocycles. The second-order valence-electron chi connectivity index (χ2n) is 6.33. The average molecular weight is 288 g/mol. The second-order valence-corrected chi connectivity index (χ2v) is 6.33. The van der Waals surface area contributed by atoms with Crippen LogP contribution in [0.15, 0.2) is 42.6 Å². The molecule has 0 fully saturated rings. The van der Waals surface area contributed by atoms with Crippen LogP contribution in [-0.2, 0) is 7.05 Å². The van der Waals surface area contributed by atoms with E-state index >= 15 is 0 Å². The van der Waals surface area contributed by atoms with E-state index in [0.717, 1.165) is 5.56 Å². The molecule has 0 radical (unpaired) electrons. The number of carbonyl (C=O) groups is 1. The van der Waals surface area contributed by atoms with Crippen LogP contribution in [0.4, 0.5) is 4.39 Å². The minimum Gasteiger partial charge on any atom is -0.347 e. The summed E-state index contributed by atoms with van der Waals surface area (Å²) in [5.74, 6) is -0.410. The molecule has 3 nitrogen and oxygen atoms in total. The fourth-order valence-electron chi connectivity index (χ4n) is 2.36. The van der Waals surface area contributed by atoms with Crippen LogP contribution in [0.25, 0.3) is 0 Å². The minimum absolute atomic E-state index is 0.133. The van der Waals surface area contributed by atoms with Gasteiger partial charge in [0.1, 0.15) is 11.5 Å². The molecule has 2 aromatic rings. The molecule has 0 spiro atoms. The molecule has 0 aliphatic heterocycles. The van der Waals surface area contributed by atoms with Crippen LogP contribution in [-0.4, -0.2) is 10.5 Å². The first kappa shape index (κ1) is 15.3. The Bertz CT molecular complexity index is 623. The van der Waals surface area contributed by atoms with Crippen LogP contribution < -0.4 is 5.32 Å². The molecular weight excluding hydrogens is 267 g/mol. The highest BCUT2D eigenvalue weighted by Crippen LogP contribution is 2.33. The van der Waals surface area contributed by atoms with Gasteiger partial charge < -0.3 is 9.88 Å². The van der Waals surface area contributed by atoms with Gasteiger partial charge in [-0.05, 0) is 35.2 Å². The highest BCUT2D eigenvalue weighted by molar-refractivity contribution is 5.93. The molecule has 1 atom stereocenters. The number of benzene rings is 1. The smallest absolute Gasteiger partial charge is 0.268 e. The van der Waals surface area contributed by atoms with Crippen molar-refractivity contribution in [1.82, 2.24) is 9.88 Å². The van der Waals surface area contributed by atoms with E-state index in [1.807, 2.05) is 40.1 Å². The summed E-state index contributed by atoms with van der Waals surface area (Å²) >= 11 is 0. The van der Waals surface area contributed by atoms with Crippen LogP contribution >= 0.6 is 0 Å². The van der Waals surface area contributed by atoms with Crippen molar-refractivity contribution >= 4 is 5.91 Å². The molecule has 1 heterocycles. The van der Waals surface area contributed by atoms with Crippen LogP contribution in [0, 0.1) is 11.2 Å². The molecule has 4 heteroatoms. The fraction of sp³-hybridized carbons (Fsp3) is 0.353. The summed E-state index contributed by atoms with van der Waals surface area (Å²) in [6, 6.07) is 9.69. The van der Waals surface area contributed by atoms with Gasteiger partial charge in [-0.15, -0.1) is 0 Å². The summed E-state index contributed by atoms with van der Waals surface area (Å²) in [4.78, 5) is 12.4. The number of nitrogens with one attached hydrogen (secondary N) is 1. The lowest BCUT2D eigenvalue weighted by Crippen LogP contribution is -2.37. The summed E-state index contributed by atoms with van der Waals surface area (Å²) in [7, 11) is 1.83. The van der Waals surface area contributed by atoms with Gasteiger partial charge in [-0.1, -0.05) is 32.9 Å². The number of amides is 1. The van der Waals surface area contributed by atoms with Gasteiger partial charge in [0.05, 0.1) is 6.04 Å². The van der Waals surface area contributed by atoms with Crippen molar-refractivity contribution in [3.05, 3.63) is 59.7 Å². The molecule has 0 aliphatic rings. The first-order valence-corrected chi connectivity index (χ1v) is 6.96.